The summed E-state index contributed by atoms with van der Waals surface area (Å²) in [6.07, 6.45) is 0. The summed E-state index contributed by atoms with van der Waals surface area (Å²) in [4.78, 5) is 13.7. The molecule has 0 spiro atoms. The number of anilines is 1. The number of hydrogen-bond donors (Lipinski definition) is 0. The molecule has 1 amide bonds. The fraction of sp³-hybridized carbons (Fsp3) is 0.133. The van der Waals surface area contributed by atoms with Gasteiger partial charge in [-0.15, -0.1) is 11.8 Å². The highest BCUT2D eigenvalue weighted by Crippen LogP contribution is 2.45. The zero-order valence-electron chi connectivity index (χ0n) is 10.7. The first-order chi connectivity index (χ1) is 10.1. The number of halogens is 3. The molecule has 6 heteroatoms. The lowest BCUT2D eigenvalue weighted by molar-refractivity contribution is -0.115. The molecule has 1 aliphatic heterocycles. The van der Waals surface area contributed by atoms with Gasteiger partial charge < -0.3 is 0 Å². The van der Waals surface area contributed by atoms with Gasteiger partial charge in [0.15, 0.2) is 0 Å². The van der Waals surface area contributed by atoms with Crippen LogP contribution in [-0.4, -0.2) is 11.7 Å². The Hall–Kier alpha value is -1.23. The van der Waals surface area contributed by atoms with E-state index in [0.29, 0.717) is 21.5 Å². The molecule has 0 N–H and O–H groups in total. The summed E-state index contributed by atoms with van der Waals surface area (Å²) in [5.74, 6) is -0.135. The van der Waals surface area contributed by atoms with E-state index in [1.165, 1.54) is 23.9 Å². The maximum absolute atomic E-state index is 13.4. The first-order valence-electron chi connectivity index (χ1n) is 6.21. The number of nitrogens with zero attached hydrogens (tertiary/aromatic N) is 1. The van der Waals surface area contributed by atoms with Gasteiger partial charge in [-0.3, -0.25) is 9.69 Å². The lowest BCUT2D eigenvalue weighted by atomic mass is 10.2. The quantitative estimate of drug-likeness (QED) is 0.773. The molecule has 108 valence electrons. The second-order valence-electron chi connectivity index (χ2n) is 4.55. The predicted molar refractivity (Wildman–Crippen MR) is 85.5 cm³/mol. The summed E-state index contributed by atoms with van der Waals surface area (Å²) in [7, 11) is 0. The Bertz CT molecular complexity index is 710. The molecule has 1 atom stereocenters. The summed E-state index contributed by atoms with van der Waals surface area (Å²) in [6.45, 7) is 0. The van der Waals surface area contributed by atoms with E-state index >= 15 is 0 Å². The smallest absolute Gasteiger partial charge is 0.238 e. The topological polar surface area (TPSA) is 20.3 Å². The van der Waals surface area contributed by atoms with Gasteiger partial charge in [-0.25, -0.2) is 4.39 Å². The van der Waals surface area contributed by atoms with Crippen LogP contribution in [0.4, 0.5) is 10.1 Å². The molecule has 1 heterocycles. The molecule has 1 fully saturated rings. The second kappa shape index (κ2) is 5.87. The normalized spacial score (nSPS) is 18.3. The average molecular weight is 342 g/mol. The van der Waals surface area contributed by atoms with Gasteiger partial charge in [0.2, 0.25) is 5.91 Å². The molecule has 1 aliphatic rings. The first-order valence-corrected chi connectivity index (χ1v) is 8.01. The van der Waals surface area contributed by atoms with E-state index in [2.05, 4.69) is 0 Å². The Morgan fingerprint density at radius 3 is 2.71 bits per heavy atom. The van der Waals surface area contributed by atoms with Crippen LogP contribution in [0.3, 0.4) is 0 Å². The minimum Gasteiger partial charge on any atom is -0.295 e. The molecule has 1 saturated heterocycles. The van der Waals surface area contributed by atoms with Gasteiger partial charge in [0.25, 0.3) is 0 Å². The van der Waals surface area contributed by atoms with Crippen LogP contribution in [0.25, 0.3) is 0 Å². The third-order valence-electron chi connectivity index (χ3n) is 3.20. The molecule has 0 bridgehead atoms. The fourth-order valence-corrected chi connectivity index (χ4v) is 3.95. The van der Waals surface area contributed by atoms with Crippen LogP contribution >= 0.6 is 35.0 Å². The summed E-state index contributed by atoms with van der Waals surface area (Å²) >= 11 is 13.7. The van der Waals surface area contributed by atoms with E-state index < -0.39 is 0 Å². The molecule has 2 nitrogen and oxygen atoms in total. The van der Waals surface area contributed by atoms with Gasteiger partial charge in [0, 0.05) is 11.3 Å². The van der Waals surface area contributed by atoms with Crippen LogP contribution in [0.5, 0.6) is 0 Å². The third kappa shape index (κ3) is 2.76. The van der Waals surface area contributed by atoms with Gasteiger partial charge in [-0.2, -0.15) is 0 Å². The van der Waals surface area contributed by atoms with E-state index in [9.17, 15) is 9.18 Å². The van der Waals surface area contributed by atoms with Crippen molar-refractivity contribution in [2.75, 3.05) is 10.7 Å². The highest BCUT2D eigenvalue weighted by molar-refractivity contribution is 8.00. The molecule has 2 aromatic carbocycles. The number of rotatable bonds is 2. The van der Waals surface area contributed by atoms with Gasteiger partial charge >= 0.3 is 0 Å². The average Bonchev–Trinajstić information content (AvgIpc) is 2.83. The molecule has 0 aliphatic carbocycles. The van der Waals surface area contributed by atoms with Gasteiger partial charge in [0.05, 0.1) is 15.8 Å². The van der Waals surface area contributed by atoms with Crippen molar-refractivity contribution in [2.45, 2.75) is 5.37 Å². The summed E-state index contributed by atoms with van der Waals surface area (Å²) in [6, 6.07) is 11.3. The van der Waals surface area contributed by atoms with E-state index in [1.54, 1.807) is 29.2 Å². The van der Waals surface area contributed by atoms with Crippen LogP contribution in [0.2, 0.25) is 10.0 Å². The van der Waals surface area contributed by atoms with Crippen molar-refractivity contribution >= 4 is 46.6 Å². The largest absolute Gasteiger partial charge is 0.295 e. The zero-order valence-corrected chi connectivity index (χ0v) is 13.1. The molecular weight excluding hydrogens is 332 g/mol. The number of thioether (sulfide) groups is 1. The monoisotopic (exact) mass is 341 g/mol. The lowest BCUT2D eigenvalue weighted by Gasteiger charge is -2.25. The van der Waals surface area contributed by atoms with Gasteiger partial charge in [0.1, 0.15) is 11.2 Å². The maximum atomic E-state index is 13.4. The molecular formula is C15H10Cl2FNOS. The summed E-state index contributed by atoms with van der Waals surface area (Å²) < 4.78 is 13.4. The highest BCUT2D eigenvalue weighted by Gasteiger charge is 2.35. The molecule has 2 aromatic rings. The van der Waals surface area contributed by atoms with E-state index in [1.807, 2.05) is 6.07 Å². The zero-order chi connectivity index (χ0) is 15.0. The molecule has 0 radical (unpaired) electrons. The van der Waals surface area contributed by atoms with E-state index in [0.717, 1.165) is 5.56 Å². The van der Waals surface area contributed by atoms with E-state index in [-0.39, 0.29) is 17.1 Å². The van der Waals surface area contributed by atoms with E-state index in [4.69, 9.17) is 23.2 Å². The van der Waals surface area contributed by atoms with Crippen molar-refractivity contribution < 1.29 is 9.18 Å². The Balaban J connectivity index is 2.06. The molecule has 0 saturated carbocycles. The van der Waals surface area contributed by atoms with Crippen molar-refractivity contribution in [3.05, 3.63) is 63.9 Å². The number of benzene rings is 2. The third-order valence-corrected chi connectivity index (χ3v) is 5.23. The molecule has 0 aromatic heterocycles. The second-order valence-corrected chi connectivity index (χ2v) is 6.40. The number of carbonyl (C=O) groups excluding carboxylic acids is 1. The van der Waals surface area contributed by atoms with Crippen molar-refractivity contribution in [2.24, 2.45) is 0 Å². The Kier molecular flexibility index (Phi) is 4.11. The minimum absolute atomic E-state index is 0.0772. The Morgan fingerprint density at radius 2 is 1.95 bits per heavy atom. The Labute approximate surface area is 135 Å². The van der Waals surface area contributed by atoms with Gasteiger partial charge in [-0.05, 0) is 24.3 Å². The van der Waals surface area contributed by atoms with Crippen molar-refractivity contribution in [3.63, 3.8) is 0 Å². The van der Waals surface area contributed by atoms with Crippen molar-refractivity contribution in [1.82, 2.24) is 0 Å². The van der Waals surface area contributed by atoms with Crippen LogP contribution in [-0.2, 0) is 4.79 Å². The molecule has 3 rings (SSSR count). The summed E-state index contributed by atoms with van der Waals surface area (Å²) in [5.41, 5.74) is 1.27. The van der Waals surface area contributed by atoms with Crippen LogP contribution in [0, 0.1) is 5.82 Å². The van der Waals surface area contributed by atoms with Crippen LogP contribution < -0.4 is 4.90 Å². The molecule has 1 unspecified atom stereocenters. The number of hydrogen-bond acceptors (Lipinski definition) is 2. The minimum atomic E-state index is -0.381. The Morgan fingerprint density at radius 1 is 1.19 bits per heavy atom. The predicted octanol–water partition coefficient (Wildman–Crippen LogP) is 4.91. The number of amides is 1. The van der Waals surface area contributed by atoms with Crippen LogP contribution in [0.1, 0.15) is 10.9 Å². The van der Waals surface area contributed by atoms with Crippen LogP contribution in [0.15, 0.2) is 42.5 Å². The van der Waals surface area contributed by atoms with Gasteiger partial charge in [-0.1, -0.05) is 41.4 Å². The maximum Gasteiger partial charge on any atom is 0.238 e. The van der Waals surface area contributed by atoms with Crippen molar-refractivity contribution in [1.29, 1.82) is 0 Å². The fourth-order valence-electron chi connectivity index (χ4n) is 2.27. The van der Waals surface area contributed by atoms with Crippen molar-refractivity contribution in [3.8, 4) is 0 Å². The molecule has 21 heavy (non-hydrogen) atoms. The summed E-state index contributed by atoms with van der Waals surface area (Å²) in [5, 5.41) is 0.562. The lowest BCUT2D eigenvalue weighted by Crippen LogP contribution is -2.28. The highest BCUT2D eigenvalue weighted by atomic mass is 35.5. The standard InChI is InChI=1S/C15H10Cl2FNOS/c16-12-6-2-5-11(14(12)17)15-19(13(20)8-21-15)10-4-1-3-9(18)7-10/h1-7,15H,8H2. The SMILES string of the molecule is O=C1CSC(c2cccc(Cl)c2Cl)N1c1cccc(F)c1. The number of carbonyl (C=O) groups is 1. The first kappa shape index (κ1) is 14.7.